The third-order valence-corrected chi connectivity index (χ3v) is 1.90. The molecule has 1 aliphatic rings. The molecule has 0 fully saturated rings. The van der Waals surface area contributed by atoms with E-state index in [0.717, 1.165) is 5.92 Å². The number of rotatable bonds is 0. The number of hydrogen-bond donors (Lipinski definition) is 0. The Morgan fingerprint density at radius 1 is 1.50 bits per heavy atom. The smallest absolute Gasteiger partial charge is 0 e. The van der Waals surface area contributed by atoms with Crippen molar-refractivity contribution < 1.29 is 1.43 Å². The summed E-state index contributed by atoms with van der Waals surface area (Å²) in [6.45, 7) is 8.55. The minimum absolute atomic E-state index is 0. The van der Waals surface area contributed by atoms with Gasteiger partial charge in [0.1, 0.15) is 0 Å². The van der Waals surface area contributed by atoms with Crippen molar-refractivity contribution in [2.75, 3.05) is 0 Å². The molecule has 0 aromatic heterocycles. The Labute approximate surface area is 66.8 Å². The molecule has 1 unspecified atom stereocenters. The second-order valence-corrected chi connectivity index (χ2v) is 2.93. The van der Waals surface area contributed by atoms with E-state index in [0.29, 0.717) is 0 Å². The van der Waals surface area contributed by atoms with Crippen LogP contribution in [0.15, 0.2) is 11.6 Å². The van der Waals surface area contributed by atoms with E-state index in [1.54, 1.807) is 5.57 Å². The zero-order valence-electron chi connectivity index (χ0n) is 7.78. The van der Waals surface area contributed by atoms with Crippen LogP contribution >= 0.6 is 0 Å². The van der Waals surface area contributed by atoms with Crippen molar-refractivity contribution >= 4 is 0 Å². The molecule has 10 heavy (non-hydrogen) atoms. The molecule has 1 aliphatic carbocycles. The average Bonchev–Trinajstić information content (AvgIpc) is 2.00. The zero-order valence-corrected chi connectivity index (χ0v) is 7.78. The predicted octanol–water partition coefficient (Wildman–Crippen LogP) is 4.02. The van der Waals surface area contributed by atoms with Crippen LogP contribution in [0.1, 0.15) is 48.4 Å². The van der Waals surface area contributed by atoms with Crippen LogP contribution in [0.25, 0.3) is 0 Å². The van der Waals surface area contributed by atoms with E-state index in [4.69, 9.17) is 0 Å². The Morgan fingerprint density at radius 3 is 2.40 bits per heavy atom. The normalized spacial score (nSPS) is 24.4. The van der Waals surface area contributed by atoms with Gasteiger partial charge < -0.3 is 0 Å². The van der Waals surface area contributed by atoms with Crippen LogP contribution in [0.4, 0.5) is 0 Å². The van der Waals surface area contributed by atoms with Gasteiger partial charge in [-0.2, -0.15) is 0 Å². The second kappa shape index (κ2) is 5.52. The van der Waals surface area contributed by atoms with Gasteiger partial charge in [0, 0.05) is 1.43 Å². The first-order valence-corrected chi connectivity index (χ1v) is 4.44. The van der Waals surface area contributed by atoms with E-state index in [1.807, 2.05) is 13.8 Å². The largest absolute Gasteiger partial charge is 0.0853 e. The molecule has 0 heteroatoms. The Kier molecular flexibility index (Phi) is 5.38. The van der Waals surface area contributed by atoms with Crippen molar-refractivity contribution in [1.82, 2.24) is 0 Å². The average molecular weight is 142 g/mol. The summed E-state index contributed by atoms with van der Waals surface area (Å²) in [6, 6.07) is 0. The van der Waals surface area contributed by atoms with Crippen molar-refractivity contribution in [2.24, 2.45) is 5.92 Å². The molecule has 0 radical (unpaired) electrons. The molecular formula is C10H22. The standard InChI is InChI=1S/C8H14.C2H6.H2/c1-7-3-5-8(2)6-4-7;1-2;/h3,8H,4-6H2,1-2H3;1-2H3;1H. The van der Waals surface area contributed by atoms with Gasteiger partial charge in [-0.3, -0.25) is 0 Å². The minimum Gasteiger partial charge on any atom is -0.0853 e. The molecule has 0 saturated heterocycles. The monoisotopic (exact) mass is 142 g/mol. The van der Waals surface area contributed by atoms with Crippen LogP contribution in [-0.4, -0.2) is 0 Å². The van der Waals surface area contributed by atoms with Gasteiger partial charge in [-0.25, -0.2) is 0 Å². The Bertz CT molecular complexity index is 105. The lowest BCUT2D eigenvalue weighted by Gasteiger charge is -2.14. The topological polar surface area (TPSA) is 0 Å². The van der Waals surface area contributed by atoms with Crippen LogP contribution in [-0.2, 0) is 0 Å². The highest BCUT2D eigenvalue weighted by molar-refractivity contribution is 5.01. The van der Waals surface area contributed by atoms with Crippen LogP contribution in [0, 0.1) is 5.92 Å². The van der Waals surface area contributed by atoms with Crippen molar-refractivity contribution in [2.45, 2.75) is 47.0 Å². The molecule has 0 nitrogen and oxygen atoms in total. The first-order valence-electron chi connectivity index (χ1n) is 4.44. The van der Waals surface area contributed by atoms with Gasteiger partial charge in [-0.15, -0.1) is 0 Å². The molecule has 0 saturated carbocycles. The third-order valence-electron chi connectivity index (χ3n) is 1.90. The molecule has 1 atom stereocenters. The minimum atomic E-state index is 0. The van der Waals surface area contributed by atoms with Gasteiger partial charge in [0.05, 0.1) is 0 Å². The van der Waals surface area contributed by atoms with Crippen molar-refractivity contribution in [3.8, 4) is 0 Å². The lowest BCUT2D eigenvalue weighted by atomic mass is 9.92. The van der Waals surface area contributed by atoms with E-state index in [1.165, 1.54) is 19.3 Å². The highest BCUT2D eigenvalue weighted by Gasteiger charge is 2.05. The van der Waals surface area contributed by atoms with E-state index >= 15 is 0 Å². The quantitative estimate of drug-likeness (QED) is 0.448. The first kappa shape index (κ1) is 9.74. The molecule has 0 amide bonds. The van der Waals surface area contributed by atoms with Gasteiger partial charge in [-0.05, 0) is 32.1 Å². The van der Waals surface area contributed by atoms with Gasteiger partial charge in [0.2, 0.25) is 0 Å². The molecule has 0 aromatic carbocycles. The number of hydrogen-bond acceptors (Lipinski definition) is 0. The molecule has 0 N–H and O–H groups in total. The second-order valence-electron chi connectivity index (χ2n) is 2.93. The van der Waals surface area contributed by atoms with Gasteiger partial charge in [0.25, 0.3) is 0 Å². The fourth-order valence-corrected chi connectivity index (χ4v) is 1.10. The maximum absolute atomic E-state index is 2.37. The maximum atomic E-state index is 2.37. The first-order chi connectivity index (χ1) is 4.79. The van der Waals surface area contributed by atoms with Crippen LogP contribution < -0.4 is 0 Å². The lowest BCUT2D eigenvalue weighted by Crippen LogP contribution is -1.98. The van der Waals surface area contributed by atoms with Gasteiger partial charge in [-0.1, -0.05) is 32.4 Å². The predicted molar refractivity (Wildman–Crippen MR) is 50.2 cm³/mol. The van der Waals surface area contributed by atoms with Gasteiger partial charge >= 0.3 is 0 Å². The molecular weight excluding hydrogens is 120 g/mol. The fraction of sp³-hybridized carbons (Fsp3) is 0.800. The third kappa shape index (κ3) is 3.71. The fourth-order valence-electron chi connectivity index (χ4n) is 1.10. The lowest BCUT2D eigenvalue weighted by molar-refractivity contribution is 0.514. The number of allylic oxidation sites excluding steroid dienone is 2. The SMILES string of the molecule is CC.CC1=CCC(C)CC1.[HH]. The van der Waals surface area contributed by atoms with Crippen LogP contribution in [0.3, 0.4) is 0 Å². The summed E-state index contributed by atoms with van der Waals surface area (Å²) in [5.41, 5.74) is 1.59. The Morgan fingerprint density at radius 2 is 2.10 bits per heavy atom. The molecule has 0 heterocycles. The molecule has 1 rings (SSSR count). The molecule has 62 valence electrons. The summed E-state index contributed by atoms with van der Waals surface area (Å²) in [4.78, 5) is 0. The molecule has 0 aromatic rings. The zero-order chi connectivity index (χ0) is 7.98. The maximum Gasteiger partial charge on any atom is 0 e. The van der Waals surface area contributed by atoms with E-state index < -0.39 is 0 Å². The Hall–Kier alpha value is -0.260. The van der Waals surface area contributed by atoms with Crippen molar-refractivity contribution in [3.05, 3.63) is 11.6 Å². The van der Waals surface area contributed by atoms with E-state index in [2.05, 4.69) is 19.9 Å². The van der Waals surface area contributed by atoms with Crippen LogP contribution in [0.2, 0.25) is 0 Å². The highest BCUT2D eigenvalue weighted by Crippen LogP contribution is 2.21. The summed E-state index contributed by atoms with van der Waals surface area (Å²) >= 11 is 0. The van der Waals surface area contributed by atoms with Crippen molar-refractivity contribution in [1.29, 1.82) is 0 Å². The van der Waals surface area contributed by atoms with E-state index in [-0.39, 0.29) is 1.43 Å². The summed E-state index contributed by atoms with van der Waals surface area (Å²) in [5, 5.41) is 0. The summed E-state index contributed by atoms with van der Waals surface area (Å²) < 4.78 is 0. The Balaban J connectivity index is 0. The van der Waals surface area contributed by atoms with E-state index in [9.17, 15) is 0 Å². The summed E-state index contributed by atoms with van der Waals surface area (Å²) in [6.07, 6.45) is 6.42. The molecule has 0 aliphatic heterocycles. The van der Waals surface area contributed by atoms with Crippen molar-refractivity contribution in [3.63, 3.8) is 0 Å². The summed E-state index contributed by atoms with van der Waals surface area (Å²) in [7, 11) is 0. The van der Waals surface area contributed by atoms with Gasteiger partial charge in [0.15, 0.2) is 0 Å². The summed E-state index contributed by atoms with van der Waals surface area (Å²) in [5.74, 6) is 0.943. The van der Waals surface area contributed by atoms with Crippen LogP contribution in [0.5, 0.6) is 0 Å². The highest BCUT2D eigenvalue weighted by atomic mass is 14.1. The molecule has 0 bridgehead atoms. The molecule has 0 spiro atoms.